The zero-order chi connectivity index (χ0) is 13.2. The van der Waals surface area contributed by atoms with Crippen LogP contribution in [0.15, 0.2) is 54.1 Å². The molecule has 0 aliphatic heterocycles. The summed E-state index contributed by atoms with van der Waals surface area (Å²) in [6, 6.07) is 13.3. The van der Waals surface area contributed by atoms with Crippen molar-refractivity contribution in [1.82, 2.24) is 0 Å². The number of hydrogen-bond acceptors (Lipinski definition) is 0. The predicted molar refractivity (Wildman–Crippen MR) is 84.4 cm³/mol. The largest absolute Gasteiger partial charge is 0.0859 e. The molecule has 1 atom stereocenters. The Kier molecular flexibility index (Phi) is 3.25. The highest BCUT2D eigenvalue weighted by molar-refractivity contribution is 5.95. The van der Waals surface area contributed by atoms with Gasteiger partial charge in [-0.15, -0.1) is 0 Å². The van der Waals surface area contributed by atoms with E-state index in [1.54, 1.807) is 0 Å². The summed E-state index contributed by atoms with van der Waals surface area (Å²) in [5, 5.41) is 2.82. The minimum atomic E-state index is 0.564. The average molecular weight is 248 g/mol. The molecule has 0 fully saturated rings. The van der Waals surface area contributed by atoms with Gasteiger partial charge >= 0.3 is 0 Å². The van der Waals surface area contributed by atoms with E-state index in [1.807, 2.05) is 0 Å². The van der Waals surface area contributed by atoms with Crippen LogP contribution < -0.4 is 0 Å². The molecule has 0 heteroatoms. The molecule has 0 radical (unpaired) electrons. The SMILES string of the molecule is CC(C)=CCCC1C=Cc2cccc3cccc1c23. The van der Waals surface area contributed by atoms with Crippen molar-refractivity contribution in [2.24, 2.45) is 0 Å². The van der Waals surface area contributed by atoms with E-state index in [-0.39, 0.29) is 0 Å². The molecular formula is C19H20. The van der Waals surface area contributed by atoms with Crippen LogP contribution >= 0.6 is 0 Å². The van der Waals surface area contributed by atoms with E-state index >= 15 is 0 Å². The van der Waals surface area contributed by atoms with Gasteiger partial charge in [0.25, 0.3) is 0 Å². The van der Waals surface area contributed by atoms with Crippen LogP contribution in [-0.4, -0.2) is 0 Å². The Hall–Kier alpha value is -1.82. The maximum Gasteiger partial charge on any atom is 0.00306 e. The minimum absolute atomic E-state index is 0.564. The molecule has 3 rings (SSSR count). The van der Waals surface area contributed by atoms with Gasteiger partial charge in [-0.25, -0.2) is 0 Å². The summed E-state index contributed by atoms with van der Waals surface area (Å²) in [5.74, 6) is 0.564. The van der Waals surface area contributed by atoms with Crippen LogP contribution in [-0.2, 0) is 0 Å². The second kappa shape index (κ2) is 5.05. The van der Waals surface area contributed by atoms with Gasteiger partial charge in [0.15, 0.2) is 0 Å². The van der Waals surface area contributed by atoms with Gasteiger partial charge in [0.2, 0.25) is 0 Å². The van der Waals surface area contributed by atoms with Crippen molar-refractivity contribution < 1.29 is 0 Å². The molecule has 1 aliphatic rings. The van der Waals surface area contributed by atoms with Crippen LogP contribution in [0.25, 0.3) is 16.8 Å². The van der Waals surface area contributed by atoms with E-state index in [0.717, 1.165) is 6.42 Å². The van der Waals surface area contributed by atoms with Gasteiger partial charge in [-0.1, -0.05) is 60.2 Å². The highest BCUT2D eigenvalue weighted by Crippen LogP contribution is 2.36. The number of allylic oxidation sites excluding steroid dienone is 3. The zero-order valence-electron chi connectivity index (χ0n) is 11.7. The van der Waals surface area contributed by atoms with Crippen LogP contribution in [0.4, 0.5) is 0 Å². The Morgan fingerprint density at radius 1 is 1.11 bits per heavy atom. The van der Waals surface area contributed by atoms with Gasteiger partial charge in [0.05, 0.1) is 0 Å². The number of benzene rings is 2. The third-order valence-electron chi connectivity index (χ3n) is 3.91. The normalized spacial score (nSPS) is 16.6. The number of rotatable bonds is 3. The Balaban J connectivity index is 1.98. The standard InChI is InChI=1S/C19H20/c1-14(2)6-3-7-15-12-13-17-9-4-8-16-10-5-11-18(15)19(16)17/h4-6,8-13,15H,3,7H2,1-2H3. The van der Waals surface area contributed by atoms with Crippen LogP contribution in [0.2, 0.25) is 0 Å². The second-order valence-electron chi connectivity index (χ2n) is 5.62. The van der Waals surface area contributed by atoms with Crippen molar-refractivity contribution in [2.75, 3.05) is 0 Å². The molecule has 0 N–H and O–H groups in total. The second-order valence-corrected chi connectivity index (χ2v) is 5.62. The first kappa shape index (κ1) is 12.2. The van der Waals surface area contributed by atoms with Crippen LogP contribution in [0.1, 0.15) is 43.7 Å². The summed E-state index contributed by atoms with van der Waals surface area (Å²) in [7, 11) is 0. The van der Waals surface area contributed by atoms with Crippen molar-refractivity contribution in [3.63, 3.8) is 0 Å². The van der Waals surface area contributed by atoms with Gasteiger partial charge in [0.1, 0.15) is 0 Å². The Bertz CT molecular complexity index is 650. The molecule has 19 heavy (non-hydrogen) atoms. The highest BCUT2D eigenvalue weighted by atomic mass is 14.2. The summed E-state index contributed by atoms with van der Waals surface area (Å²) in [6.45, 7) is 4.35. The summed E-state index contributed by atoms with van der Waals surface area (Å²) in [6.07, 6.45) is 9.37. The van der Waals surface area contributed by atoms with E-state index in [1.165, 1.54) is 33.9 Å². The first-order chi connectivity index (χ1) is 9.25. The molecule has 1 aliphatic carbocycles. The fourth-order valence-electron chi connectivity index (χ4n) is 2.97. The highest BCUT2D eigenvalue weighted by Gasteiger charge is 2.16. The van der Waals surface area contributed by atoms with E-state index in [0.29, 0.717) is 5.92 Å². The monoisotopic (exact) mass is 248 g/mol. The quantitative estimate of drug-likeness (QED) is 0.611. The summed E-state index contributed by atoms with van der Waals surface area (Å²) in [4.78, 5) is 0. The first-order valence-electron chi connectivity index (χ1n) is 7.09. The lowest BCUT2D eigenvalue weighted by Gasteiger charge is -2.21. The van der Waals surface area contributed by atoms with Crippen LogP contribution in [0.3, 0.4) is 0 Å². The van der Waals surface area contributed by atoms with E-state index in [9.17, 15) is 0 Å². The first-order valence-corrected chi connectivity index (χ1v) is 7.09. The van der Waals surface area contributed by atoms with Gasteiger partial charge in [-0.2, -0.15) is 0 Å². The fraction of sp³-hybridized carbons (Fsp3) is 0.263. The van der Waals surface area contributed by atoms with Crippen molar-refractivity contribution in [2.45, 2.75) is 32.6 Å². The predicted octanol–water partition coefficient (Wildman–Crippen LogP) is 5.70. The molecule has 0 spiro atoms. The topological polar surface area (TPSA) is 0 Å². The molecule has 96 valence electrons. The maximum atomic E-state index is 2.37. The lowest BCUT2D eigenvalue weighted by Crippen LogP contribution is -2.01. The molecule has 2 aromatic carbocycles. The molecule has 0 aromatic heterocycles. The lowest BCUT2D eigenvalue weighted by molar-refractivity contribution is 0.753. The van der Waals surface area contributed by atoms with Gasteiger partial charge in [-0.05, 0) is 48.6 Å². The van der Waals surface area contributed by atoms with E-state index in [4.69, 9.17) is 0 Å². The molecule has 0 nitrogen and oxygen atoms in total. The van der Waals surface area contributed by atoms with E-state index < -0.39 is 0 Å². The minimum Gasteiger partial charge on any atom is -0.0859 e. The summed E-state index contributed by atoms with van der Waals surface area (Å²) < 4.78 is 0. The van der Waals surface area contributed by atoms with Crippen molar-refractivity contribution in [1.29, 1.82) is 0 Å². The molecule has 0 amide bonds. The van der Waals surface area contributed by atoms with Crippen molar-refractivity contribution in [3.8, 4) is 0 Å². The third kappa shape index (κ3) is 2.35. The van der Waals surface area contributed by atoms with Gasteiger partial charge in [0, 0.05) is 5.92 Å². The van der Waals surface area contributed by atoms with Crippen LogP contribution in [0.5, 0.6) is 0 Å². The summed E-state index contributed by atoms with van der Waals surface area (Å²) in [5.41, 5.74) is 4.28. The molecule has 0 bridgehead atoms. The Morgan fingerprint density at radius 2 is 1.89 bits per heavy atom. The van der Waals surface area contributed by atoms with Crippen LogP contribution in [0, 0.1) is 0 Å². The molecule has 0 heterocycles. The van der Waals surface area contributed by atoms with Gasteiger partial charge < -0.3 is 0 Å². The summed E-state index contributed by atoms with van der Waals surface area (Å²) >= 11 is 0. The zero-order valence-corrected chi connectivity index (χ0v) is 11.7. The maximum absolute atomic E-state index is 2.37. The average Bonchev–Trinajstić information content (AvgIpc) is 2.41. The van der Waals surface area contributed by atoms with Crippen molar-refractivity contribution >= 4 is 16.8 Å². The molecule has 1 unspecified atom stereocenters. The molecule has 0 saturated carbocycles. The molecule has 2 aromatic rings. The molecule has 0 saturated heterocycles. The Morgan fingerprint density at radius 3 is 2.68 bits per heavy atom. The van der Waals surface area contributed by atoms with Gasteiger partial charge in [-0.3, -0.25) is 0 Å². The number of hydrogen-bond donors (Lipinski definition) is 0. The fourth-order valence-corrected chi connectivity index (χ4v) is 2.97. The third-order valence-corrected chi connectivity index (χ3v) is 3.91. The van der Waals surface area contributed by atoms with E-state index in [2.05, 4.69) is 68.5 Å². The Labute approximate surface area is 115 Å². The molecular weight excluding hydrogens is 228 g/mol. The smallest absolute Gasteiger partial charge is 0.00306 e. The van der Waals surface area contributed by atoms with Crippen molar-refractivity contribution in [3.05, 3.63) is 65.3 Å². The lowest BCUT2D eigenvalue weighted by atomic mass is 9.84.